The molecule has 0 radical (unpaired) electrons. The third kappa shape index (κ3) is 6.58. The Hall–Kier alpha value is -2.08. The van der Waals surface area contributed by atoms with Crippen LogP contribution in [0.15, 0.2) is 18.3 Å². The van der Waals surface area contributed by atoms with Gasteiger partial charge in [-0.25, -0.2) is 9.78 Å². The highest BCUT2D eigenvalue weighted by Crippen LogP contribution is 2.13. The van der Waals surface area contributed by atoms with E-state index in [2.05, 4.69) is 10.3 Å². The summed E-state index contributed by atoms with van der Waals surface area (Å²) in [5.41, 5.74) is 6.59. The van der Waals surface area contributed by atoms with Crippen molar-refractivity contribution in [1.82, 2.24) is 10.3 Å². The monoisotopic (exact) mass is 307 g/mol. The van der Waals surface area contributed by atoms with E-state index in [1.807, 2.05) is 39.8 Å². The molecule has 4 N–H and O–H groups in total. The van der Waals surface area contributed by atoms with Crippen LogP contribution < -0.4 is 11.1 Å². The van der Waals surface area contributed by atoms with E-state index in [0.29, 0.717) is 12.2 Å². The second kappa shape index (κ2) is 7.79. The molecule has 0 saturated heterocycles. The fourth-order valence-electron chi connectivity index (χ4n) is 1.78. The molecule has 1 aromatic rings. The van der Waals surface area contributed by atoms with Crippen molar-refractivity contribution < 1.29 is 14.6 Å². The molecule has 22 heavy (non-hydrogen) atoms. The Morgan fingerprint density at radius 1 is 1.55 bits per heavy atom. The molecular weight excluding hydrogens is 282 g/mol. The molecule has 0 aliphatic rings. The molecule has 0 unspecified atom stereocenters. The smallest absolute Gasteiger partial charge is 0.407 e. The summed E-state index contributed by atoms with van der Waals surface area (Å²) in [5.74, 6) is 0.376. The Bertz CT molecular complexity index is 536. The zero-order chi connectivity index (χ0) is 16.8. The molecule has 0 aromatic carbocycles. The molecule has 0 bridgehead atoms. The van der Waals surface area contributed by atoms with Gasteiger partial charge in [0.25, 0.3) is 0 Å². The summed E-state index contributed by atoms with van der Waals surface area (Å²) in [6.07, 6.45) is 5.58. The summed E-state index contributed by atoms with van der Waals surface area (Å²) in [7, 11) is 0. The maximum Gasteiger partial charge on any atom is 0.407 e. The van der Waals surface area contributed by atoms with Crippen molar-refractivity contribution in [3.05, 3.63) is 29.5 Å². The molecular formula is C16H25N3O3. The van der Waals surface area contributed by atoms with Crippen LogP contribution in [0.4, 0.5) is 10.6 Å². The largest absolute Gasteiger partial charge is 0.444 e. The Kier molecular flexibility index (Phi) is 6.37. The van der Waals surface area contributed by atoms with Crippen molar-refractivity contribution in [2.75, 3.05) is 5.73 Å². The first-order chi connectivity index (χ1) is 10.2. The number of aromatic nitrogens is 1. The number of hydrogen-bond donors (Lipinski definition) is 3. The number of pyridine rings is 1. The van der Waals surface area contributed by atoms with Gasteiger partial charge in [0.05, 0.1) is 6.61 Å². The molecule has 1 amide bonds. The quantitative estimate of drug-likeness (QED) is 0.776. The lowest BCUT2D eigenvalue weighted by molar-refractivity contribution is 0.0509. The predicted molar refractivity (Wildman–Crippen MR) is 87.1 cm³/mol. The highest BCUT2D eigenvalue weighted by molar-refractivity contribution is 5.68. The summed E-state index contributed by atoms with van der Waals surface area (Å²) in [6.45, 7) is 7.26. The van der Waals surface area contributed by atoms with Gasteiger partial charge in [0.15, 0.2) is 0 Å². The van der Waals surface area contributed by atoms with Crippen LogP contribution in [-0.4, -0.2) is 27.8 Å². The van der Waals surface area contributed by atoms with Crippen LogP contribution in [0.5, 0.6) is 0 Å². The topological polar surface area (TPSA) is 97.5 Å². The van der Waals surface area contributed by atoms with Crippen molar-refractivity contribution in [2.45, 2.75) is 52.4 Å². The number of hydrogen-bond acceptors (Lipinski definition) is 5. The van der Waals surface area contributed by atoms with E-state index >= 15 is 0 Å². The SMILES string of the molecule is C[C@@H](C/C=C/c1cnc(N)cc1CO)NC(=O)OC(C)(C)C. The van der Waals surface area contributed by atoms with Crippen molar-refractivity contribution in [3.63, 3.8) is 0 Å². The maximum atomic E-state index is 11.6. The minimum atomic E-state index is -0.509. The predicted octanol–water partition coefficient (Wildman–Crippen LogP) is 2.47. The average Bonchev–Trinajstić information content (AvgIpc) is 2.37. The molecule has 122 valence electrons. The first-order valence-electron chi connectivity index (χ1n) is 7.22. The number of carbonyl (C=O) groups is 1. The number of amides is 1. The minimum Gasteiger partial charge on any atom is -0.444 e. The van der Waals surface area contributed by atoms with E-state index in [9.17, 15) is 9.90 Å². The Morgan fingerprint density at radius 3 is 2.82 bits per heavy atom. The molecule has 0 aliphatic heterocycles. The maximum absolute atomic E-state index is 11.6. The summed E-state index contributed by atoms with van der Waals surface area (Å²) in [5, 5.41) is 12.1. The van der Waals surface area contributed by atoms with Crippen LogP contribution in [0, 0.1) is 0 Å². The second-order valence-electron chi connectivity index (χ2n) is 6.15. The zero-order valence-corrected chi connectivity index (χ0v) is 13.6. The molecule has 0 fully saturated rings. The molecule has 0 saturated carbocycles. The first-order valence-corrected chi connectivity index (χ1v) is 7.22. The van der Waals surface area contributed by atoms with Crippen LogP contribution >= 0.6 is 0 Å². The summed E-state index contributed by atoms with van der Waals surface area (Å²) in [4.78, 5) is 15.6. The fraction of sp³-hybridized carbons (Fsp3) is 0.500. The Balaban J connectivity index is 2.53. The third-order valence-corrected chi connectivity index (χ3v) is 2.77. The number of ether oxygens (including phenoxy) is 1. The van der Waals surface area contributed by atoms with Crippen molar-refractivity contribution in [2.24, 2.45) is 0 Å². The van der Waals surface area contributed by atoms with Gasteiger partial charge < -0.3 is 20.9 Å². The van der Waals surface area contributed by atoms with Crippen molar-refractivity contribution in [1.29, 1.82) is 0 Å². The number of alkyl carbamates (subject to hydrolysis) is 1. The number of nitrogens with one attached hydrogen (secondary N) is 1. The van der Waals surface area contributed by atoms with Gasteiger partial charge in [0.2, 0.25) is 0 Å². The fourth-order valence-corrected chi connectivity index (χ4v) is 1.78. The lowest BCUT2D eigenvalue weighted by atomic mass is 10.1. The number of nitrogens with two attached hydrogens (primary N) is 1. The van der Waals surface area contributed by atoms with E-state index in [0.717, 1.165) is 11.1 Å². The van der Waals surface area contributed by atoms with E-state index in [1.54, 1.807) is 12.3 Å². The first kappa shape index (κ1) is 18.0. The van der Waals surface area contributed by atoms with Gasteiger partial charge in [-0.3, -0.25) is 0 Å². The highest BCUT2D eigenvalue weighted by Gasteiger charge is 2.17. The van der Waals surface area contributed by atoms with E-state index in [4.69, 9.17) is 10.5 Å². The summed E-state index contributed by atoms with van der Waals surface area (Å²) < 4.78 is 5.19. The van der Waals surface area contributed by atoms with Gasteiger partial charge in [0.1, 0.15) is 11.4 Å². The number of nitrogens with zero attached hydrogens (tertiary/aromatic N) is 1. The lowest BCUT2D eigenvalue weighted by Gasteiger charge is -2.21. The number of carbonyl (C=O) groups excluding carboxylic acids is 1. The zero-order valence-electron chi connectivity index (χ0n) is 13.6. The number of aliphatic hydroxyl groups excluding tert-OH is 1. The number of aliphatic hydroxyl groups is 1. The van der Waals surface area contributed by atoms with Crippen molar-refractivity contribution >= 4 is 18.0 Å². The Morgan fingerprint density at radius 2 is 2.23 bits per heavy atom. The van der Waals surface area contributed by atoms with E-state index in [1.165, 1.54) is 0 Å². The molecule has 0 spiro atoms. The van der Waals surface area contributed by atoms with E-state index in [-0.39, 0.29) is 12.6 Å². The van der Waals surface area contributed by atoms with E-state index < -0.39 is 11.7 Å². The van der Waals surface area contributed by atoms with Gasteiger partial charge >= 0.3 is 6.09 Å². The average molecular weight is 307 g/mol. The molecule has 1 atom stereocenters. The van der Waals surface area contributed by atoms with Crippen LogP contribution in [0.25, 0.3) is 6.08 Å². The molecule has 6 nitrogen and oxygen atoms in total. The van der Waals surface area contributed by atoms with Crippen LogP contribution in [0.2, 0.25) is 0 Å². The number of rotatable bonds is 5. The van der Waals surface area contributed by atoms with Gasteiger partial charge in [-0.2, -0.15) is 0 Å². The molecule has 6 heteroatoms. The van der Waals surface area contributed by atoms with Gasteiger partial charge in [0, 0.05) is 12.2 Å². The lowest BCUT2D eigenvalue weighted by Crippen LogP contribution is -2.37. The van der Waals surface area contributed by atoms with Crippen LogP contribution in [0.1, 0.15) is 45.2 Å². The molecule has 0 aliphatic carbocycles. The van der Waals surface area contributed by atoms with Crippen molar-refractivity contribution in [3.8, 4) is 0 Å². The standard InChI is InChI=1S/C16H25N3O3/c1-11(19-15(21)22-16(2,3)4)6-5-7-12-9-18-14(17)8-13(12)10-20/h5,7-9,11,20H,6,10H2,1-4H3,(H2,17,18)(H,19,21)/b7-5+/t11-/m0/s1. The summed E-state index contributed by atoms with van der Waals surface area (Å²) >= 11 is 0. The normalized spacial score (nSPS) is 13.1. The third-order valence-electron chi connectivity index (χ3n) is 2.77. The van der Waals surface area contributed by atoms with Crippen LogP contribution in [0.3, 0.4) is 0 Å². The van der Waals surface area contributed by atoms with Gasteiger partial charge in [-0.15, -0.1) is 0 Å². The number of anilines is 1. The number of nitrogen functional groups attached to an aromatic ring is 1. The Labute approximate surface area is 131 Å². The highest BCUT2D eigenvalue weighted by atomic mass is 16.6. The minimum absolute atomic E-state index is 0.0644. The summed E-state index contributed by atoms with van der Waals surface area (Å²) in [6, 6.07) is 1.58. The second-order valence-corrected chi connectivity index (χ2v) is 6.15. The van der Waals surface area contributed by atoms with Gasteiger partial charge in [-0.05, 0) is 51.3 Å². The molecule has 1 rings (SSSR count). The molecule has 1 aromatic heterocycles. The van der Waals surface area contributed by atoms with Gasteiger partial charge in [-0.1, -0.05) is 12.2 Å². The van der Waals surface area contributed by atoms with Crippen LogP contribution in [-0.2, 0) is 11.3 Å². The molecule has 1 heterocycles.